The average Bonchev–Trinajstić information content (AvgIpc) is 1.66. The van der Waals surface area contributed by atoms with Crippen molar-refractivity contribution < 1.29 is 256 Å². The van der Waals surface area contributed by atoms with Gasteiger partial charge in [0.15, 0.2) is 58.8 Å². The number of Topliss-reactive ketones (excluding diaryl/α,β-unsaturated/α-hetero) is 9. The summed E-state index contributed by atoms with van der Waals surface area (Å²) in [6.07, 6.45) is 14.3. The van der Waals surface area contributed by atoms with Crippen molar-refractivity contribution in [2.75, 3.05) is 26.4 Å². The van der Waals surface area contributed by atoms with Crippen molar-refractivity contribution in [2.45, 2.75) is 204 Å². The number of aliphatic hydroxyl groups is 7. The predicted molar refractivity (Wildman–Crippen MR) is 510 cm³/mol. The minimum Gasteiger partial charge on any atom is -0.481 e. The second-order valence-corrected chi connectivity index (χ2v) is 32.1. The Morgan fingerprint density at radius 2 is 0.805 bits per heavy atom. The van der Waals surface area contributed by atoms with Crippen LogP contribution < -0.4 is 0 Å². The van der Waals surface area contributed by atoms with Gasteiger partial charge in [-0.15, -0.1) is 6.58 Å². The van der Waals surface area contributed by atoms with Crippen molar-refractivity contribution in [3.05, 3.63) is 122 Å². The molecule has 0 aromatic heterocycles. The second kappa shape index (κ2) is 81.8. The molecule has 16 unspecified atom stereocenters. The number of epoxide rings is 1. The third-order valence-electron chi connectivity index (χ3n) is 19.5. The Balaban J connectivity index is -0.000000239. The zero-order valence-corrected chi connectivity index (χ0v) is 83.8. The van der Waals surface area contributed by atoms with Gasteiger partial charge >= 0.3 is 89.5 Å². The number of aliphatic carboxylic acids is 15. The van der Waals surface area contributed by atoms with Crippen LogP contribution in [0.5, 0.6) is 0 Å². The van der Waals surface area contributed by atoms with Crippen LogP contribution in [0.15, 0.2) is 122 Å². The summed E-state index contributed by atoms with van der Waals surface area (Å²) in [5, 5.41) is 185. The molecule has 4 fully saturated rings. The number of hydrogen-bond donors (Lipinski definition) is 22. The number of ketones is 12. The maximum Gasteiger partial charge on any atom is 0.382 e. The molecule has 7 rings (SSSR count). The van der Waals surface area contributed by atoms with Crippen LogP contribution in [0.2, 0.25) is 0 Å². The molecule has 6 aliphatic carbocycles. The molecule has 52 nitrogen and oxygen atoms in total. The minimum atomic E-state index is -2.25. The van der Waals surface area contributed by atoms with Crippen LogP contribution in [-0.2, 0) is 144 Å². The summed E-state index contributed by atoms with van der Waals surface area (Å²) in [7, 11) is 0. The maximum atomic E-state index is 11.0. The summed E-state index contributed by atoms with van der Waals surface area (Å²) < 4.78 is 14.0. The molecular formula is C97H132O52. The van der Waals surface area contributed by atoms with E-state index < -0.39 is 191 Å². The van der Waals surface area contributed by atoms with Crippen molar-refractivity contribution in [3.63, 3.8) is 0 Å². The molecule has 0 aromatic carbocycles. The average molecular weight is 2130 g/mol. The van der Waals surface area contributed by atoms with Gasteiger partial charge in [-0.1, -0.05) is 106 Å². The van der Waals surface area contributed by atoms with Gasteiger partial charge in [0.2, 0.25) is 17.7 Å². The van der Waals surface area contributed by atoms with Gasteiger partial charge in [0.25, 0.3) is 0 Å². The van der Waals surface area contributed by atoms with E-state index in [1.54, 1.807) is 12.8 Å². The lowest BCUT2D eigenvalue weighted by molar-refractivity contribution is -0.165. The standard InChI is InChI=1S/C9H12O3.2C9H12O2.C7H12O7.C7H12O5.2C7H8O3.C7H10O3.C6H8O3.C6H8O2.C5H8O5.C5H6O4.C5H4O3.C4H6O4.C4H6O3/c1-6(10)7-4-2-3-5-8(7)9(11)12;2*1-5-6-2-3-7(4-6)8(5)9(10)11;1-2(8)3(9)4(10)5(11)6(12)7(13)14;1-6(8)4-11-2-3-12-5-7(9)10;2*1-6(8)4-2-3-5-7(9)10;1-3-4-6(5(2)8)7(9)10;1-5(7)3-2-4-6(8)9;1-3-4(2)5(3)6(7)8;1-2(6)3(7)4(8)5(9)10;1-3(6)2-4(7)5(8)9;1-4(6)2-3-5(7)8;1-2(5)3(6)4(7)8;1-2-3(7-2)4(5)6/h2-3,7-8H,4-5H2,1H3,(H,11,12);2*2-3,5-8H,4H2,1H3,(H,10,11);3-6,9-12H,1H3,(H,13,14);2-5H2,1H3,(H,9,10);2*2-5H,1H3,(H,9,10);3,6H,1,4H2,2H3,(H,9,10);2-3H,4H2,1H3,(H,8,9);4-5H,1H2,2H3,(H,7,8);3-4,7-8H,1H3,(H,9,10);2H2,1H3,(H,8,9);1H3,(H,7,8);3,6H,1H3,(H,7,8);2-3H,1H3,(H,5,6)/b;;;;;4-2+,5-3+;4-2-,5-3-;;3-2+;;;;;;/t7-,8+;;;;;;;;;4-,5-;;;;;2-,3+/m1........1....0/s1. The van der Waals surface area contributed by atoms with Gasteiger partial charge in [0.1, 0.15) is 60.9 Å². The summed E-state index contributed by atoms with van der Waals surface area (Å²) in [5.41, 5.74) is 0.859. The molecule has 52 heteroatoms. The Bertz CT molecular complexity index is 4620. The van der Waals surface area contributed by atoms with Crippen LogP contribution in [0.3, 0.4) is 0 Å². The molecule has 832 valence electrons. The van der Waals surface area contributed by atoms with Gasteiger partial charge < -0.3 is 127 Å². The number of carbonyl (C=O) groups is 27. The molecule has 0 radical (unpaired) electrons. The Labute approximate surface area is 852 Å². The Morgan fingerprint density at radius 1 is 0.423 bits per heavy atom. The molecule has 0 amide bonds. The molecule has 0 aromatic rings. The summed E-state index contributed by atoms with van der Waals surface area (Å²) in [6.45, 7) is 28.4. The van der Waals surface area contributed by atoms with Gasteiger partial charge in [-0.05, 0) is 174 Å². The molecule has 3 saturated carbocycles. The molecule has 22 N–H and O–H groups in total. The van der Waals surface area contributed by atoms with Gasteiger partial charge in [0, 0.05) is 30.9 Å². The zero-order valence-electron chi connectivity index (χ0n) is 83.8. The van der Waals surface area contributed by atoms with Crippen molar-refractivity contribution in [3.8, 4) is 11.8 Å². The van der Waals surface area contributed by atoms with Crippen LogP contribution in [-0.4, -0.2) is 353 Å². The summed E-state index contributed by atoms with van der Waals surface area (Å²) >= 11 is 0. The number of carbonyl (C=O) groups excluding carboxylic acids is 12. The molecular weight excluding hydrogens is 2000 g/mol. The van der Waals surface area contributed by atoms with Gasteiger partial charge in [-0.25, -0.2) is 43.2 Å². The van der Waals surface area contributed by atoms with Gasteiger partial charge in [0.05, 0.1) is 55.8 Å². The second-order valence-electron chi connectivity index (χ2n) is 32.1. The first-order valence-corrected chi connectivity index (χ1v) is 43.7. The van der Waals surface area contributed by atoms with E-state index in [1.807, 2.05) is 38.8 Å². The van der Waals surface area contributed by atoms with E-state index in [4.69, 9.17) is 117 Å². The minimum absolute atomic E-state index is 0.0215. The molecule has 1 aliphatic heterocycles. The molecule has 0 spiro atoms. The summed E-state index contributed by atoms with van der Waals surface area (Å²) in [5.74, 6) is -17.5. The number of allylic oxidation sites excluding steroid dienone is 14. The fourth-order valence-electron chi connectivity index (χ4n) is 11.6. The molecule has 7 aliphatic rings. The molecule has 1 saturated heterocycles. The smallest absolute Gasteiger partial charge is 0.382 e. The Kier molecular flexibility index (Phi) is 81.8. The highest BCUT2D eigenvalue weighted by Crippen LogP contribution is 2.49. The number of carboxylic acid groups (broad SMARTS) is 15. The van der Waals surface area contributed by atoms with Crippen molar-refractivity contribution >= 4 is 159 Å². The lowest BCUT2D eigenvalue weighted by Crippen LogP contribution is -2.49. The highest BCUT2D eigenvalue weighted by Gasteiger charge is 2.48. The number of fused-ring (bicyclic) bond motifs is 4. The summed E-state index contributed by atoms with van der Waals surface area (Å²) in [6, 6.07) is 0. The fraction of sp³-hybridized carbons (Fsp3) is 0.495. The van der Waals surface area contributed by atoms with E-state index in [2.05, 4.69) is 46.9 Å². The van der Waals surface area contributed by atoms with E-state index in [0.29, 0.717) is 48.3 Å². The lowest BCUT2D eigenvalue weighted by atomic mass is 9.81. The van der Waals surface area contributed by atoms with E-state index >= 15 is 0 Å². The zero-order chi connectivity index (χ0) is 118. The van der Waals surface area contributed by atoms with E-state index in [1.165, 1.54) is 110 Å². The topological polar surface area (TPSA) is 937 Å². The molecule has 1 heterocycles. The number of ether oxygens (including phenoxy) is 3. The fourth-order valence-corrected chi connectivity index (χ4v) is 11.6. The predicted octanol–water partition coefficient (Wildman–Crippen LogP) is 1.54. The van der Waals surface area contributed by atoms with Crippen LogP contribution >= 0.6 is 0 Å². The van der Waals surface area contributed by atoms with Crippen molar-refractivity contribution in [1.29, 1.82) is 0 Å². The first-order chi connectivity index (χ1) is 68.4. The number of rotatable bonds is 39. The highest BCUT2D eigenvalue weighted by molar-refractivity contribution is 6.36. The van der Waals surface area contributed by atoms with E-state index in [0.717, 1.165) is 51.3 Å². The molecule has 22 atom stereocenters. The molecule has 149 heavy (non-hydrogen) atoms. The van der Waals surface area contributed by atoms with E-state index in [-0.39, 0.29) is 110 Å². The Hall–Kier alpha value is -15.3. The van der Waals surface area contributed by atoms with Crippen LogP contribution in [0.25, 0.3) is 0 Å². The third kappa shape index (κ3) is 77.8. The van der Waals surface area contributed by atoms with Crippen LogP contribution in [0.4, 0.5) is 0 Å². The largest absolute Gasteiger partial charge is 0.481 e. The maximum absolute atomic E-state index is 11.0. The van der Waals surface area contributed by atoms with Crippen LogP contribution in [0, 0.1) is 88.8 Å². The molecule has 4 bridgehead atoms. The Morgan fingerprint density at radius 3 is 0.993 bits per heavy atom. The monoisotopic (exact) mass is 2130 g/mol. The third-order valence-corrected chi connectivity index (χ3v) is 19.5. The number of aliphatic hydroxyl groups excluding tert-OH is 7. The highest BCUT2D eigenvalue weighted by atomic mass is 16.6. The first-order valence-electron chi connectivity index (χ1n) is 43.7. The van der Waals surface area contributed by atoms with Crippen LogP contribution in [0.1, 0.15) is 149 Å². The summed E-state index contributed by atoms with van der Waals surface area (Å²) in [4.78, 5) is 274. The first kappa shape index (κ1) is 149. The van der Waals surface area contributed by atoms with Crippen molar-refractivity contribution in [2.24, 2.45) is 76.9 Å². The van der Waals surface area contributed by atoms with Gasteiger partial charge in [-0.3, -0.25) is 86.3 Å². The lowest BCUT2D eigenvalue weighted by Gasteiger charge is -2.22. The van der Waals surface area contributed by atoms with Gasteiger partial charge in [-0.2, -0.15) is 0 Å². The normalized spacial score (nSPS) is 20.9. The van der Waals surface area contributed by atoms with Crippen molar-refractivity contribution in [1.82, 2.24) is 0 Å². The quantitative estimate of drug-likeness (QED) is 0.00478. The van der Waals surface area contributed by atoms with E-state index in [9.17, 15) is 129 Å². The number of carboxylic acids is 15. The number of hydrogen-bond acceptors (Lipinski definition) is 37. The SMILES string of the molecule is C=C1[C@@H](C(=O)O)[C@@H]1C.C=CCC(C(C)=O)C(=O)O.CC(=O)/C=C/C=C/C(=O)O.CC(=O)/C=C/CC(=O)O.CC(=O)/C=C\C=C/C(=O)O.CC(=O)C#CC(=O)O.CC(=O)C(O)C(=O)O.CC(=O)C(O)C(O)C(=O)O.CC(=O)C(O)C(O)C(O)C(O)C(=O)O.CC(=O)CC(=O)C(=O)O.CC(=O)COCCOCC(=O)O.CC(=O)[C@H]1CC=CC[C@@H]1C(=O)O.CC1C2C=CC(C2)C1C(=O)O.CC1C2C=CC(C2)C1C(=O)O.C[C@@H]1O[C@H]1C(=O)O.